The van der Waals surface area contributed by atoms with Gasteiger partial charge in [-0.05, 0) is 86.4 Å². The normalized spacial score (nSPS) is 25.5. The Bertz CT molecular complexity index is 971. The number of nitrogens with zero attached hydrogens (tertiary/aromatic N) is 1. The molecule has 0 aromatic heterocycles. The Morgan fingerprint density at radius 1 is 0.971 bits per heavy atom. The van der Waals surface area contributed by atoms with Gasteiger partial charge in [0.15, 0.2) is 11.5 Å². The molecule has 5 heteroatoms. The highest BCUT2D eigenvalue weighted by Gasteiger charge is 2.45. The average Bonchev–Trinajstić information content (AvgIpc) is 2.83. The van der Waals surface area contributed by atoms with Gasteiger partial charge in [0.25, 0.3) is 0 Å². The van der Waals surface area contributed by atoms with Gasteiger partial charge in [-0.2, -0.15) is 0 Å². The fraction of sp³-hybridized carbons (Fsp3) is 0.586. The average molecular weight is 468 g/mol. The van der Waals surface area contributed by atoms with Gasteiger partial charge in [-0.15, -0.1) is 0 Å². The van der Waals surface area contributed by atoms with E-state index in [1.54, 1.807) is 21.3 Å². The number of aliphatic hydroxyl groups is 1. The smallest absolute Gasteiger partial charge is 0.161 e. The molecule has 1 fully saturated rings. The number of methoxy groups -OCH3 is 3. The Kier molecular flexibility index (Phi) is 7.44. The molecule has 1 saturated carbocycles. The number of hydrogen-bond acceptors (Lipinski definition) is 5. The summed E-state index contributed by atoms with van der Waals surface area (Å²) in [5.41, 5.74) is 3.75. The number of rotatable bonds is 7. The fourth-order valence-electron chi connectivity index (χ4n) is 6.31. The topological polar surface area (TPSA) is 51.2 Å². The largest absolute Gasteiger partial charge is 0.497 e. The standard InChI is InChI=1S/C29H41NO4/c1-19-7-12-24(26(31)15-19)29(2,3)30-14-13-21-17-27(33-5)28(34-6)18-23(21)25(30)16-20-8-10-22(32-4)11-9-20/h8-11,17-19,24-26,31H,7,12-16H2,1-6H3/t19-,24-,25-,26-/m1/s1. The second-order valence-electron chi connectivity index (χ2n) is 10.7. The van der Waals surface area contributed by atoms with E-state index in [1.807, 2.05) is 12.1 Å². The van der Waals surface area contributed by atoms with Crippen molar-refractivity contribution in [3.05, 3.63) is 53.1 Å². The highest BCUT2D eigenvalue weighted by Crippen LogP contribution is 2.46. The summed E-state index contributed by atoms with van der Waals surface area (Å²) in [6.07, 6.45) is 4.73. The van der Waals surface area contributed by atoms with Crippen molar-refractivity contribution in [2.24, 2.45) is 11.8 Å². The van der Waals surface area contributed by atoms with Gasteiger partial charge in [0, 0.05) is 24.0 Å². The van der Waals surface area contributed by atoms with Crippen molar-refractivity contribution in [2.75, 3.05) is 27.9 Å². The van der Waals surface area contributed by atoms with E-state index in [4.69, 9.17) is 14.2 Å². The first-order chi connectivity index (χ1) is 16.3. The number of benzene rings is 2. The Hall–Kier alpha value is -2.24. The Morgan fingerprint density at radius 3 is 2.26 bits per heavy atom. The van der Waals surface area contributed by atoms with E-state index in [0.29, 0.717) is 5.92 Å². The van der Waals surface area contributed by atoms with Gasteiger partial charge in [-0.1, -0.05) is 25.5 Å². The molecule has 0 spiro atoms. The van der Waals surface area contributed by atoms with E-state index in [1.165, 1.54) is 23.1 Å². The van der Waals surface area contributed by atoms with Crippen LogP contribution in [0.25, 0.3) is 0 Å². The number of hydrogen-bond donors (Lipinski definition) is 1. The molecule has 1 heterocycles. The Balaban J connectivity index is 1.74. The maximum Gasteiger partial charge on any atom is 0.161 e. The van der Waals surface area contributed by atoms with E-state index in [2.05, 4.69) is 49.9 Å². The molecule has 5 nitrogen and oxygen atoms in total. The van der Waals surface area contributed by atoms with Crippen LogP contribution < -0.4 is 14.2 Å². The van der Waals surface area contributed by atoms with Crippen molar-refractivity contribution in [1.29, 1.82) is 0 Å². The van der Waals surface area contributed by atoms with Gasteiger partial charge in [-0.3, -0.25) is 4.90 Å². The summed E-state index contributed by atoms with van der Waals surface area (Å²) in [5.74, 6) is 3.27. The molecular formula is C29H41NO4. The van der Waals surface area contributed by atoms with Gasteiger partial charge < -0.3 is 19.3 Å². The number of ether oxygens (including phenoxy) is 3. The van der Waals surface area contributed by atoms with Crippen LogP contribution in [-0.4, -0.2) is 49.5 Å². The second-order valence-corrected chi connectivity index (χ2v) is 10.7. The highest BCUT2D eigenvalue weighted by molar-refractivity contribution is 5.50. The van der Waals surface area contributed by atoms with Gasteiger partial charge >= 0.3 is 0 Å². The van der Waals surface area contributed by atoms with Crippen LogP contribution >= 0.6 is 0 Å². The molecule has 2 aliphatic rings. The van der Waals surface area contributed by atoms with Crippen LogP contribution in [0, 0.1) is 11.8 Å². The molecule has 0 amide bonds. The summed E-state index contributed by atoms with van der Waals surface area (Å²) in [4.78, 5) is 2.65. The van der Waals surface area contributed by atoms with E-state index in [0.717, 1.165) is 49.5 Å². The minimum Gasteiger partial charge on any atom is -0.497 e. The zero-order valence-corrected chi connectivity index (χ0v) is 21.6. The van der Waals surface area contributed by atoms with Gasteiger partial charge in [-0.25, -0.2) is 0 Å². The lowest BCUT2D eigenvalue weighted by atomic mass is 9.69. The van der Waals surface area contributed by atoms with Crippen molar-refractivity contribution >= 4 is 0 Å². The first-order valence-corrected chi connectivity index (χ1v) is 12.6. The summed E-state index contributed by atoms with van der Waals surface area (Å²) >= 11 is 0. The zero-order chi connectivity index (χ0) is 24.5. The molecule has 0 radical (unpaired) electrons. The summed E-state index contributed by atoms with van der Waals surface area (Å²) in [7, 11) is 5.10. The molecule has 2 aromatic rings. The molecule has 0 bridgehead atoms. The lowest BCUT2D eigenvalue weighted by Gasteiger charge is -2.53. The maximum atomic E-state index is 11.1. The predicted molar refractivity (Wildman–Crippen MR) is 136 cm³/mol. The molecular weight excluding hydrogens is 426 g/mol. The van der Waals surface area contributed by atoms with Crippen LogP contribution in [0.4, 0.5) is 0 Å². The molecule has 1 aliphatic carbocycles. The van der Waals surface area contributed by atoms with E-state index in [9.17, 15) is 5.11 Å². The first kappa shape index (κ1) is 24.9. The molecule has 4 atom stereocenters. The van der Waals surface area contributed by atoms with Crippen LogP contribution in [0.15, 0.2) is 36.4 Å². The third kappa shape index (κ3) is 4.78. The van der Waals surface area contributed by atoms with E-state index < -0.39 is 0 Å². The number of aliphatic hydroxyl groups excluding tert-OH is 1. The van der Waals surface area contributed by atoms with Crippen LogP contribution in [0.3, 0.4) is 0 Å². The summed E-state index contributed by atoms with van der Waals surface area (Å²) < 4.78 is 16.7. The molecule has 2 aromatic carbocycles. The molecule has 1 N–H and O–H groups in total. The van der Waals surface area contributed by atoms with Crippen LogP contribution in [-0.2, 0) is 12.8 Å². The Labute approximate surface area is 205 Å². The predicted octanol–water partition coefficient (Wildman–Crippen LogP) is 5.43. The van der Waals surface area contributed by atoms with Crippen LogP contribution in [0.2, 0.25) is 0 Å². The van der Waals surface area contributed by atoms with Gasteiger partial charge in [0.05, 0.1) is 27.4 Å². The zero-order valence-electron chi connectivity index (χ0n) is 21.6. The van der Waals surface area contributed by atoms with Crippen molar-refractivity contribution in [1.82, 2.24) is 4.90 Å². The lowest BCUT2D eigenvalue weighted by Crippen LogP contribution is -2.57. The van der Waals surface area contributed by atoms with E-state index >= 15 is 0 Å². The Morgan fingerprint density at radius 2 is 1.65 bits per heavy atom. The third-order valence-corrected chi connectivity index (χ3v) is 8.32. The minimum absolute atomic E-state index is 0.137. The highest BCUT2D eigenvalue weighted by atomic mass is 16.5. The molecule has 1 aliphatic heterocycles. The number of fused-ring (bicyclic) bond motifs is 1. The molecule has 186 valence electrons. The molecule has 0 saturated heterocycles. The van der Waals surface area contributed by atoms with Crippen molar-refractivity contribution in [3.63, 3.8) is 0 Å². The molecule has 34 heavy (non-hydrogen) atoms. The van der Waals surface area contributed by atoms with Crippen LogP contribution in [0.1, 0.15) is 62.8 Å². The van der Waals surface area contributed by atoms with Crippen molar-refractivity contribution < 1.29 is 19.3 Å². The minimum atomic E-state index is -0.257. The van der Waals surface area contributed by atoms with Gasteiger partial charge in [0.2, 0.25) is 0 Å². The third-order valence-electron chi connectivity index (χ3n) is 8.32. The lowest BCUT2D eigenvalue weighted by molar-refractivity contribution is -0.0635. The van der Waals surface area contributed by atoms with Crippen molar-refractivity contribution in [3.8, 4) is 17.2 Å². The van der Waals surface area contributed by atoms with Crippen molar-refractivity contribution in [2.45, 2.75) is 70.6 Å². The summed E-state index contributed by atoms with van der Waals surface area (Å²) in [6, 6.07) is 12.9. The molecule has 4 rings (SSSR count). The summed E-state index contributed by atoms with van der Waals surface area (Å²) in [5, 5.41) is 11.1. The fourth-order valence-corrected chi connectivity index (χ4v) is 6.31. The van der Waals surface area contributed by atoms with Crippen LogP contribution in [0.5, 0.6) is 17.2 Å². The summed E-state index contributed by atoms with van der Waals surface area (Å²) in [6.45, 7) is 7.89. The maximum absolute atomic E-state index is 11.1. The van der Waals surface area contributed by atoms with E-state index in [-0.39, 0.29) is 23.6 Å². The monoisotopic (exact) mass is 467 g/mol. The SMILES string of the molecule is COc1ccc(C[C@@H]2c3cc(OC)c(OC)cc3CCN2C(C)(C)[C@@H]2CC[C@@H](C)C[C@H]2O)cc1. The quantitative estimate of drug-likeness (QED) is 0.588. The molecule has 0 unspecified atom stereocenters. The second kappa shape index (κ2) is 10.2. The van der Waals surface area contributed by atoms with Gasteiger partial charge in [0.1, 0.15) is 5.75 Å². The first-order valence-electron chi connectivity index (χ1n) is 12.6.